The van der Waals surface area contributed by atoms with Crippen molar-refractivity contribution in [3.8, 4) is 0 Å². The summed E-state index contributed by atoms with van der Waals surface area (Å²) in [6.45, 7) is 4.32. The van der Waals surface area contributed by atoms with E-state index in [4.69, 9.17) is 5.73 Å². The second kappa shape index (κ2) is 15.3. The number of hydrogen-bond acceptors (Lipinski definition) is 5. The zero-order valence-corrected chi connectivity index (χ0v) is 21.0. The number of nitrogens with one attached hydrogen (secondary N) is 4. The Hall–Kier alpha value is -3.72. The molecule has 9 nitrogen and oxygen atoms in total. The van der Waals surface area contributed by atoms with E-state index < -0.39 is 23.9 Å². The lowest BCUT2D eigenvalue weighted by Crippen LogP contribution is -2.52. The van der Waals surface area contributed by atoms with Gasteiger partial charge in [-0.15, -0.1) is 0 Å². The summed E-state index contributed by atoms with van der Waals surface area (Å²) in [6.07, 6.45) is 1.31. The summed E-state index contributed by atoms with van der Waals surface area (Å²) >= 11 is 0. The zero-order valence-electron chi connectivity index (χ0n) is 21.0. The third kappa shape index (κ3) is 10.3. The van der Waals surface area contributed by atoms with Crippen molar-refractivity contribution in [3.05, 3.63) is 71.8 Å². The normalized spacial score (nSPS) is 12.3. The lowest BCUT2D eigenvalue weighted by molar-refractivity contribution is -0.130. The van der Waals surface area contributed by atoms with Crippen LogP contribution in [0.5, 0.6) is 0 Å². The monoisotopic (exact) mass is 495 g/mol. The van der Waals surface area contributed by atoms with Crippen LogP contribution in [-0.2, 0) is 20.9 Å². The number of carbonyl (C=O) groups excluding carboxylic acids is 4. The van der Waals surface area contributed by atoms with Crippen molar-refractivity contribution in [2.45, 2.75) is 51.7 Å². The molecular weight excluding hydrogens is 458 g/mol. The van der Waals surface area contributed by atoms with Gasteiger partial charge in [0, 0.05) is 12.1 Å². The van der Waals surface area contributed by atoms with Crippen molar-refractivity contribution in [2.24, 2.45) is 11.7 Å². The van der Waals surface area contributed by atoms with Crippen LogP contribution in [0.15, 0.2) is 60.7 Å². The first-order valence-electron chi connectivity index (χ1n) is 12.2. The van der Waals surface area contributed by atoms with Gasteiger partial charge >= 0.3 is 0 Å². The molecule has 0 heterocycles. The summed E-state index contributed by atoms with van der Waals surface area (Å²) in [5, 5.41) is 10.8. The van der Waals surface area contributed by atoms with E-state index >= 15 is 0 Å². The van der Waals surface area contributed by atoms with Gasteiger partial charge in [-0.3, -0.25) is 19.2 Å². The van der Waals surface area contributed by atoms with Crippen molar-refractivity contribution in [2.75, 3.05) is 13.1 Å². The highest BCUT2D eigenvalue weighted by Gasteiger charge is 2.24. The largest absolute Gasteiger partial charge is 0.350 e. The number of hydrogen-bond donors (Lipinski definition) is 5. The molecule has 0 spiro atoms. The minimum atomic E-state index is -0.838. The molecule has 2 aromatic rings. The molecule has 0 aliphatic carbocycles. The van der Waals surface area contributed by atoms with Gasteiger partial charge in [0.05, 0.1) is 6.54 Å². The van der Waals surface area contributed by atoms with Crippen LogP contribution in [0, 0.1) is 5.92 Å². The predicted molar refractivity (Wildman–Crippen MR) is 139 cm³/mol. The van der Waals surface area contributed by atoms with E-state index in [1.165, 1.54) is 0 Å². The molecule has 9 heteroatoms. The number of nitrogens with two attached hydrogens (primary N) is 1. The van der Waals surface area contributed by atoms with E-state index in [-0.39, 0.29) is 24.3 Å². The van der Waals surface area contributed by atoms with Gasteiger partial charge in [0.25, 0.3) is 5.91 Å². The molecule has 2 atom stereocenters. The summed E-state index contributed by atoms with van der Waals surface area (Å²) in [6, 6.07) is 16.5. The maximum atomic E-state index is 12.8. The summed E-state index contributed by atoms with van der Waals surface area (Å²) in [7, 11) is 0. The number of benzene rings is 2. The fraction of sp³-hybridized carbons (Fsp3) is 0.407. The molecule has 0 saturated heterocycles. The molecular formula is C27H37N5O4. The van der Waals surface area contributed by atoms with E-state index in [0.29, 0.717) is 37.9 Å². The van der Waals surface area contributed by atoms with Crippen molar-refractivity contribution in [3.63, 3.8) is 0 Å². The van der Waals surface area contributed by atoms with Crippen LogP contribution in [0.3, 0.4) is 0 Å². The summed E-state index contributed by atoms with van der Waals surface area (Å²) in [5.74, 6) is -1.48. The average molecular weight is 496 g/mol. The molecule has 4 amide bonds. The Balaban J connectivity index is 1.91. The van der Waals surface area contributed by atoms with Crippen LogP contribution in [0.2, 0.25) is 0 Å². The standard InChI is InChI=1S/C27H37N5O4/c1-19(2)16-23(27(36)29-17-20-10-5-3-6-11-20)31-24(33)18-30-26(35)22(14-9-15-28)32-25(34)21-12-7-4-8-13-21/h3-8,10-13,19,22-23H,9,14-18,28H2,1-2H3,(H,29,36)(H,30,35)(H,31,33)(H,32,34)/t22-,23-/m1/s1. The Bertz CT molecular complexity index is 982. The average Bonchev–Trinajstić information content (AvgIpc) is 2.88. The third-order valence-electron chi connectivity index (χ3n) is 5.45. The van der Waals surface area contributed by atoms with Crippen molar-refractivity contribution in [1.29, 1.82) is 0 Å². The van der Waals surface area contributed by atoms with Gasteiger partial charge in [0.2, 0.25) is 17.7 Å². The first-order chi connectivity index (χ1) is 17.3. The van der Waals surface area contributed by atoms with E-state index in [1.807, 2.05) is 44.2 Å². The molecule has 0 saturated carbocycles. The molecule has 0 fully saturated rings. The van der Waals surface area contributed by atoms with Gasteiger partial charge in [0.15, 0.2) is 0 Å². The first-order valence-corrected chi connectivity index (χ1v) is 12.2. The zero-order chi connectivity index (χ0) is 26.3. The fourth-order valence-corrected chi connectivity index (χ4v) is 3.57. The lowest BCUT2D eigenvalue weighted by atomic mass is 10.0. The second-order valence-electron chi connectivity index (χ2n) is 8.99. The van der Waals surface area contributed by atoms with Crippen LogP contribution in [-0.4, -0.2) is 48.8 Å². The molecule has 6 N–H and O–H groups in total. The molecule has 0 aliphatic rings. The molecule has 0 radical (unpaired) electrons. The second-order valence-corrected chi connectivity index (χ2v) is 8.99. The molecule has 0 bridgehead atoms. The Morgan fingerprint density at radius 1 is 0.806 bits per heavy atom. The summed E-state index contributed by atoms with van der Waals surface area (Å²) < 4.78 is 0. The Morgan fingerprint density at radius 3 is 2.03 bits per heavy atom. The number of amides is 4. The number of rotatable bonds is 14. The lowest BCUT2D eigenvalue weighted by Gasteiger charge is -2.21. The Kier molecular flexibility index (Phi) is 12.1. The SMILES string of the molecule is CC(C)C[C@@H](NC(=O)CNC(=O)[C@@H](CCCN)NC(=O)c1ccccc1)C(=O)NCc1ccccc1. The predicted octanol–water partition coefficient (Wildman–Crippen LogP) is 1.49. The highest BCUT2D eigenvalue weighted by atomic mass is 16.2. The minimum Gasteiger partial charge on any atom is -0.350 e. The fourth-order valence-electron chi connectivity index (χ4n) is 3.57. The summed E-state index contributed by atoms with van der Waals surface area (Å²) in [4.78, 5) is 50.6. The van der Waals surface area contributed by atoms with Gasteiger partial charge in [0.1, 0.15) is 12.1 Å². The van der Waals surface area contributed by atoms with Crippen molar-refractivity contribution >= 4 is 23.6 Å². The third-order valence-corrected chi connectivity index (χ3v) is 5.45. The van der Waals surface area contributed by atoms with Gasteiger partial charge in [-0.1, -0.05) is 62.4 Å². The first kappa shape index (κ1) is 28.5. The van der Waals surface area contributed by atoms with Crippen molar-refractivity contribution < 1.29 is 19.2 Å². The minimum absolute atomic E-state index is 0.168. The quantitative estimate of drug-likeness (QED) is 0.270. The van der Waals surface area contributed by atoms with Gasteiger partial charge < -0.3 is 27.0 Å². The van der Waals surface area contributed by atoms with Crippen LogP contribution >= 0.6 is 0 Å². The number of carbonyl (C=O) groups is 4. The highest BCUT2D eigenvalue weighted by Crippen LogP contribution is 2.06. The molecule has 0 aliphatic heterocycles. The molecule has 36 heavy (non-hydrogen) atoms. The van der Waals surface area contributed by atoms with Crippen LogP contribution in [0.1, 0.15) is 49.0 Å². The molecule has 2 aromatic carbocycles. The van der Waals surface area contributed by atoms with Gasteiger partial charge in [-0.25, -0.2) is 0 Å². The highest BCUT2D eigenvalue weighted by molar-refractivity contribution is 5.98. The molecule has 0 aromatic heterocycles. The van der Waals surface area contributed by atoms with Crippen LogP contribution in [0.4, 0.5) is 0 Å². The van der Waals surface area contributed by atoms with Gasteiger partial charge in [-0.2, -0.15) is 0 Å². The van der Waals surface area contributed by atoms with E-state index in [2.05, 4.69) is 21.3 Å². The Labute approximate surface area is 212 Å². The van der Waals surface area contributed by atoms with Crippen LogP contribution in [0.25, 0.3) is 0 Å². The molecule has 194 valence electrons. The topological polar surface area (TPSA) is 142 Å². The smallest absolute Gasteiger partial charge is 0.251 e. The summed E-state index contributed by atoms with van der Waals surface area (Å²) in [5.41, 5.74) is 6.96. The van der Waals surface area contributed by atoms with Gasteiger partial charge in [-0.05, 0) is 49.4 Å². The van der Waals surface area contributed by atoms with E-state index in [9.17, 15) is 19.2 Å². The van der Waals surface area contributed by atoms with E-state index in [1.54, 1.807) is 30.3 Å². The van der Waals surface area contributed by atoms with E-state index in [0.717, 1.165) is 5.56 Å². The maximum absolute atomic E-state index is 12.8. The molecule has 2 rings (SSSR count). The molecule has 0 unspecified atom stereocenters. The van der Waals surface area contributed by atoms with Crippen molar-refractivity contribution in [1.82, 2.24) is 21.3 Å². The maximum Gasteiger partial charge on any atom is 0.251 e. The Morgan fingerprint density at radius 2 is 1.42 bits per heavy atom. The van der Waals surface area contributed by atoms with Crippen LogP contribution < -0.4 is 27.0 Å².